The summed E-state index contributed by atoms with van der Waals surface area (Å²) in [6.45, 7) is 2.35. The van der Waals surface area contributed by atoms with E-state index >= 15 is 0 Å². The van der Waals surface area contributed by atoms with Gasteiger partial charge in [0.1, 0.15) is 5.41 Å². The molecule has 1 heterocycles. The second-order valence-corrected chi connectivity index (χ2v) is 6.61. The van der Waals surface area contributed by atoms with Crippen molar-refractivity contribution in [3.63, 3.8) is 0 Å². The molecule has 3 rings (SSSR count). The van der Waals surface area contributed by atoms with Gasteiger partial charge in [0.25, 0.3) is 0 Å². The minimum atomic E-state index is -0.198. The number of rotatable bonds is 2. The van der Waals surface area contributed by atoms with Crippen LogP contribution in [0.2, 0.25) is 0 Å². The third-order valence-electron chi connectivity index (χ3n) is 4.34. The van der Waals surface area contributed by atoms with E-state index < -0.39 is 0 Å². The Morgan fingerprint density at radius 3 is 2.65 bits per heavy atom. The first-order valence-corrected chi connectivity index (χ1v) is 7.49. The maximum absolute atomic E-state index is 9.18. The fraction of sp³-hybridized carbons (Fsp3) is 0.714. The number of nitriles is 1. The molecule has 0 aromatic carbocycles. The van der Waals surface area contributed by atoms with Crippen LogP contribution in [0, 0.1) is 17.2 Å². The summed E-state index contributed by atoms with van der Waals surface area (Å²) in [6, 6.07) is 2.44. The smallest absolute Gasteiger partial charge is 0.100 e. The number of hydrogen-bond acceptors (Lipinski definition) is 3. The predicted molar refractivity (Wildman–Crippen MR) is 69.0 cm³/mol. The largest absolute Gasteiger partial charge is 0.244 e. The number of thiazole rings is 1. The van der Waals surface area contributed by atoms with Crippen molar-refractivity contribution in [2.24, 2.45) is 5.92 Å². The van der Waals surface area contributed by atoms with Crippen LogP contribution in [-0.4, -0.2) is 4.98 Å². The molecule has 0 amide bonds. The highest BCUT2D eigenvalue weighted by Crippen LogP contribution is 2.48. The third kappa shape index (κ3) is 1.99. The zero-order valence-corrected chi connectivity index (χ0v) is 11.1. The van der Waals surface area contributed by atoms with Gasteiger partial charge in [-0.15, -0.1) is 11.3 Å². The summed E-state index contributed by atoms with van der Waals surface area (Å²) in [5, 5.41) is 12.6. The fourth-order valence-electron chi connectivity index (χ4n) is 2.75. The highest BCUT2D eigenvalue weighted by atomic mass is 32.1. The fourth-order valence-corrected chi connectivity index (χ4v) is 3.84. The molecule has 2 saturated carbocycles. The van der Waals surface area contributed by atoms with Crippen LogP contribution in [0.4, 0.5) is 0 Å². The van der Waals surface area contributed by atoms with Gasteiger partial charge in [0, 0.05) is 11.3 Å². The van der Waals surface area contributed by atoms with Crippen LogP contribution < -0.4 is 0 Å². The molecule has 2 nitrogen and oxygen atoms in total. The Kier molecular flexibility index (Phi) is 2.71. The molecule has 1 aromatic rings. The molecule has 0 unspecified atom stereocenters. The molecule has 0 aliphatic heterocycles. The Bertz CT molecular complexity index is 445. The maximum atomic E-state index is 9.18. The van der Waals surface area contributed by atoms with Crippen molar-refractivity contribution in [3.05, 3.63) is 16.1 Å². The Hall–Kier alpha value is -0.880. The van der Waals surface area contributed by atoms with Crippen LogP contribution in [0.1, 0.15) is 62.1 Å². The molecule has 90 valence electrons. The van der Waals surface area contributed by atoms with Gasteiger partial charge in [-0.1, -0.05) is 19.8 Å². The van der Waals surface area contributed by atoms with Gasteiger partial charge in [0.15, 0.2) is 0 Å². The molecular weight excluding hydrogens is 228 g/mol. The van der Waals surface area contributed by atoms with Crippen LogP contribution in [0.3, 0.4) is 0 Å². The summed E-state index contributed by atoms with van der Waals surface area (Å²) in [5.74, 6) is 1.55. The second-order valence-electron chi connectivity index (χ2n) is 5.72. The first-order valence-electron chi connectivity index (χ1n) is 6.61. The highest BCUT2D eigenvalue weighted by Gasteiger charge is 2.47. The van der Waals surface area contributed by atoms with Gasteiger partial charge in [-0.25, -0.2) is 4.98 Å². The van der Waals surface area contributed by atoms with Gasteiger partial charge in [-0.05, 0) is 31.6 Å². The van der Waals surface area contributed by atoms with Gasteiger partial charge in [-0.3, -0.25) is 0 Å². The molecule has 3 heteroatoms. The van der Waals surface area contributed by atoms with Crippen molar-refractivity contribution in [1.82, 2.24) is 4.98 Å². The summed E-state index contributed by atoms with van der Waals surface area (Å²) in [5.41, 5.74) is 0.857. The van der Waals surface area contributed by atoms with E-state index in [4.69, 9.17) is 4.98 Å². The molecule has 0 saturated heterocycles. The zero-order valence-electron chi connectivity index (χ0n) is 10.3. The maximum Gasteiger partial charge on any atom is 0.100 e. The van der Waals surface area contributed by atoms with Gasteiger partial charge in [0.05, 0.1) is 16.8 Å². The summed E-state index contributed by atoms with van der Waals surface area (Å²) in [7, 11) is 0. The molecule has 0 radical (unpaired) electrons. The number of hydrogen-bond donors (Lipinski definition) is 0. The number of aromatic nitrogens is 1. The zero-order chi connectivity index (χ0) is 11.9. The minimum Gasteiger partial charge on any atom is -0.244 e. The lowest BCUT2D eigenvalue weighted by atomic mass is 9.83. The molecule has 0 atom stereocenters. The predicted octanol–water partition coefficient (Wildman–Crippen LogP) is 3.99. The van der Waals surface area contributed by atoms with Crippen LogP contribution in [-0.2, 0) is 5.41 Å². The first-order chi connectivity index (χ1) is 8.23. The van der Waals surface area contributed by atoms with Gasteiger partial charge in [-0.2, -0.15) is 5.26 Å². The standard InChI is InChI=1S/C14H18N2S/c1-10-2-4-11(5-3-10)13-16-12(8-17-13)14(9-15)6-7-14/h8,10-11H,2-7H2,1H3. The lowest BCUT2D eigenvalue weighted by molar-refractivity contribution is 0.347. The van der Waals surface area contributed by atoms with Crippen molar-refractivity contribution >= 4 is 11.3 Å². The number of nitrogens with zero attached hydrogens (tertiary/aromatic N) is 2. The highest BCUT2D eigenvalue weighted by molar-refractivity contribution is 7.09. The van der Waals surface area contributed by atoms with Crippen molar-refractivity contribution in [2.75, 3.05) is 0 Å². The molecule has 2 fully saturated rings. The molecule has 0 bridgehead atoms. The Morgan fingerprint density at radius 2 is 2.06 bits per heavy atom. The van der Waals surface area contributed by atoms with Crippen LogP contribution in [0.25, 0.3) is 0 Å². The van der Waals surface area contributed by atoms with Gasteiger partial charge in [0.2, 0.25) is 0 Å². The van der Waals surface area contributed by atoms with E-state index in [1.54, 1.807) is 11.3 Å². The lowest BCUT2D eigenvalue weighted by Crippen LogP contribution is -2.11. The van der Waals surface area contributed by atoms with Gasteiger partial charge >= 0.3 is 0 Å². The van der Waals surface area contributed by atoms with E-state index in [2.05, 4.69) is 18.4 Å². The summed E-state index contributed by atoms with van der Waals surface area (Å²) >= 11 is 1.78. The molecule has 2 aliphatic carbocycles. The Morgan fingerprint density at radius 1 is 1.35 bits per heavy atom. The monoisotopic (exact) mass is 246 g/mol. The lowest BCUT2D eigenvalue weighted by Gasteiger charge is -2.24. The minimum absolute atomic E-state index is 0.198. The van der Waals surface area contributed by atoms with E-state index in [1.165, 1.54) is 30.7 Å². The molecule has 1 aromatic heterocycles. The normalized spacial score (nSPS) is 30.8. The van der Waals surface area contributed by atoms with Crippen LogP contribution in [0.5, 0.6) is 0 Å². The van der Waals surface area contributed by atoms with E-state index in [-0.39, 0.29) is 5.41 Å². The molecule has 2 aliphatic rings. The Labute approximate surface area is 107 Å². The van der Waals surface area contributed by atoms with Crippen molar-refractivity contribution < 1.29 is 0 Å². The molecule has 17 heavy (non-hydrogen) atoms. The average Bonchev–Trinajstić information content (AvgIpc) is 3.00. The SMILES string of the molecule is CC1CCC(c2nc(C3(C#N)CC3)cs2)CC1. The van der Waals surface area contributed by atoms with Crippen molar-refractivity contribution in [1.29, 1.82) is 5.26 Å². The van der Waals surface area contributed by atoms with Crippen molar-refractivity contribution in [2.45, 2.75) is 56.8 Å². The average molecular weight is 246 g/mol. The molecular formula is C14H18N2S. The van der Waals surface area contributed by atoms with E-state index in [0.29, 0.717) is 5.92 Å². The summed E-state index contributed by atoms with van der Waals surface area (Å²) in [4.78, 5) is 4.76. The van der Waals surface area contributed by atoms with E-state index in [0.717, 1.165) is 24.5 Å². The van der Waals surface area contributed by atoms with E-state index in [9.17, 15) is 5.26 Å². The summed E-state index contributed by atoms with van der Waals surface area (Å²) in [6.07, 6.45) is 7.26. The van der Waals surface area contributed by atoms with Crippen LogP contribution >= 0.6 is 11.3 Å². The summed E-state index contributed by atoms with van der Waals surface area (Å²) < 4.78 is 0. The topological polar surface area (TPSA) is 36.7 Å². The molecule has 0 N–H and O–H groups in total. The third-order valence-corrected chi connectivity index (χ3v) is 5.35. The Balaban J connectivity index is 1.75. The van der Waals surface area contributed by atoms with Crippen LogP contribution in [0.15, 0.2) is 5.38 Å². The van der Waals surface area contributed by atoms with E-state index in [1.807, 2.05) is 0 Å². The quantitative estimate of drug-likeness (QED) is 0.791. The van der Waals surface area contributed by atoms with Crippen molar-refractivity contribution in [3.8, 4) is 6.07 Å². The molecule has 0 spiro atoms. The first kappa shape index (κ1) is 11.2. The van der Waals surface area contributed by atoms with Gasteiger partial charge < -0.3 is 0 Å². The second kappa shape index (κ2) is 4.10.